The van der Waals surface area contributed by atoms with Gasteiger partial charge in [-0.1, -0.05) is 0 Å². The van der Waals surface area contributed by atoms with E-state index in [1.165, 1.54) is 0 Å². The van der Waals surface area contributed by atoms with Crippen molar-refractivity contribution in [3.63, 3.8) is 0 Å². The van der Waals surface area contributed by atoms with Crippen LogP contribution in [-0.2, 0) is 14.3 Å². The lowest BCUT2D eigenvalue weighted by Crippen LogP contribution is -2.49. The molecule has 1 atom stereocenters. The zero-order valence-corrected chi connectivity index (χ0v) is 11.1. The van der Waals surface area contributed by atoms with Crippen LogP contribution in [0.4, 0.5) is 4.79 Å². The summed E-state index contributed by atoms with van der Waals surface area (Å²) >= 11 is 0. The van der Waals surface area contributed by atoms with Crippen molar-refractivity contribution >= 4 is 12.1 Å². The van der Waals surface area contributed by atoms with Gasteiger partial charge in [0.2, 0.25) is 0 Å². The molecule has 0 unspecified atom stereocenters. The van der Waals surface area contributed by atoms with Gasteiger partial charge < -0.3 is 19.9 Å². The third-order valence-electron chi connectivity index (χ3n) is 2.75. The molecule has 0 radical (unpaired) electrons. The number of ether oxygens (including phenoxy) is 2. The van der Waals surface area contributed by atoms with E-state index in [0.29, 0.717) is 19.4 Å². The average molecular weight is 259 g/mol. The molecule has 0 spiro atoms. The van der Waals surface area contributed by atoms with E-state index >= 15 is 0 Å². The first-order chi connectivity index (χ1) is 8.25. The lowest BCUT2D eigenvalue weighted by atomic mass is 9.82. The summed E-state index contributed by atoms with van der Waals surface area (Å²) in [6.07, 6.45) is 0.578. The number of aliphatic carboxylic acids is 1. The van der Waals surface area contributed by atoms with Crippen LogP contribution < -0.4 is 5.32 Å². The van der Waals surface area contributed by atoms with Gasteiger partial charge in [-0.2, -0.15) is 0 Å². The van der Waals surface area contributed by atoms with Crippen molar-refractivity contribution in [2.75, 3.05) is 19.8 Å². The van der Waals surface area contributed by atoms with E-state index in [0.717, 1.165) is 0 Å². The Morgan fingerprint density at radius 1 is 1.44 bits per heavy atom. The molecule has 18 heavy (non-hydrogen) atoms. The van der Waals surface area contributed by atoms with Crippen molar-refractivity contribution in [3.8, 4) is 0 Å². The summed E-state index contributed by atoms with van der Waals surface area (Å²) in [5, 5.41) is 11.8. The number of carboxylic acid groups (broad SMARTS) is 1. The number of nitrogens with one attached hydrogen (secondary N) is 1. The van der Waals surface area contributed by atoms with Crippen LogP contribution in [0.2, 0.25) is 0 Å². The second-order valence-electron chi connectivity index (χ2n) is 5.60. The highest BCUT2D eigenvalue weighted by Crippen LogP contribution is 2.28. The predicted octanol–water partition coefficient (Wildman–Crippen LogP) is 1.39. The Kier molecular flexibility index (Phi) is 4.56. The first-order valence-electron chi connectivity index (χ1n) is 6.03. The first-order valence-corrected chi connectivity index (χ1v) is 6.03. The summed E-state index contributed by atoms with van der Waals surface area (Å²) < 4.78 is 10.3. The Hall–Kier alpha value is -1.30. The normalized spacial score (nSPS) is 24.4. The Morgan fingerprint density at radius 3 is 2.56 bits per heavy atom. The van der Waals surface area contributed by atoms with Gasteiger partial charge in [0.25, 0.3) is 0 Å². The summed E-state index contributed by atoms with van der Waals surface area (Å²) in [4.78, 5) is 22.8. The Bertz CT molecular complexity index is 315. The average Bonchev–Trinajstić information content (AvgIpc) is 2.25. The highest BCUT2D eigenvalue weighted by atomic mass is 16.6. The van der Waals surface area contributed by atoms with Gasteiger partial charge in [-0.15, -0.1) is 0 Å². The molecule has 104 valence electrons. The molecule has 1 aliphatic heterocycles. The number of carboxylic acids is 1. The van der Waals surface area contributed by atoms with Crippen LogP contribution in [0.15, 0.2) is 0 Å². The SMILES string of the molecule is CC(C)(C)OC(=O)NC[C@]1(C(=O)O)CCCOC1. The Labute approximate surface area is 107 Å². The highest BCUT2D eigenvalue weighted by molar-refractivity contribution is 5.76. The highest BCUT2D eigenvalue weighted by Gasteiger charge is 2.41. The maximum Gasteiger partial charge on any atom is 0.407 e. The summed E-state index contributed by atoms with van der Waals surface area (Å²) in [6.45, 7) is 5.98. The van der Waals surface area contributed by atoms with Gasteiger partial charge in [-0.25, -0.2) is 4.79 Å². The fraction of sp³-hybridized carbons (Fsp3) is 0.833. The van der Waals surface area contributed by atoms with Crippen molar-refractivity contribution in [2.24, 2.45) is 5.41 Å². The minimum atomic E-state index is -1.03. The molecule has 6 nitrogen and oxygen atoms in total. The van der Waals surface area contributed by atoms with Crippen LogP contribution in [0.5, 0.6) is 0 Å². The lowest BCUT2D eigenvalue weighted by Gasteiger charge is -2.33. The Balaban J connectivity index is 2.53. The number of hydrogen-bond acceptors (Lipinski definition) is 4. The molecule has 0 saturated carbocycles. The molecule has 0 aromatic rings. The van der Waals surface area contributed by atoms with Gasteiger partial charge in [0.05, 0.1) is 6.61 Å². The number of amides is 1. The monoisotopic (exact) mass is 259 g/mol. The second-order valence-corrected chi connectivity index (χ2v) is 5.60. The molecule has 1 rings (SSSR count). The van der Waals surface area contributed by atoms with Gasteiger partial charge in [0, 0.05) is 13.2 Å². The Morgan fingerprint density at radius 2 is 2.11 bits per heavy atom. The molecule has 6 heteroatoms. The number of rotatable bonds is 3. The van der Waals surface area contributed by atoms with Crippen molar-refractivity contribution < 1.29 is 24.2 Å². The quantitative estimate of drug-likeness (QED) is 0.800. The van der Waals surface area contributed by atoms with Gasteiger partial charge in [0.1, 0.15) is 11.0 Å². The van der Waals surface area contributed by atoms with Crippen LogP contribution in [0.3, 0.4) is 0 Å². The van der Waals surface area contributed by atoms with Gasteiger partial charge in [-0.3, -0.25) is 4.79 Å². The summed E-state index contributed by atoms with van der Waals surface area (Å²) in [5.41, 5.74) is -1.63. The largest absolute Gasteiger partial charge is 0.481 e. The van der Waals surface area contributed by atoms with Crippen LogP contribution in [0, 0.1) is 5.41 Å². The molecule has 0 aliphatic carbocycles. The molecule has 1 heterocycles. The van der Waals surface area contributed by atoms with Crippen molar-refractivity contribution in [1.82, 2.24) is 5.32 Å². The third-order valence-corrected chi connectivity index (χ3v) is 2.75. The molecule has 0 aromatic carbocycles. The molecule has 2 N–H and O–H groups in total. The maximum atomic E-state index is 11.5. The van der Waals surface area contributed by atoms with Gasteiger partial charge >= 0.3 is 12.1 Å². The minimum absolute atomic E-state index is 0.0250. The maximum absolute atomic E-state index is 11.5. The topological polar surface area (TPSA) is 84.9 Å². The van der Waals surface area contributed by atoms with Crippen LogP contribution in [0.1, 0.15) is 33.6 Å². The van der Waals surface area contributed by atoms with Crippen molar-refractivity contribution in [1.29, 1.82) is 0 Å². The second kappa shape index (κ2) is 5.56. The van der Waals surface area contributed by atoms with E-state index < -0.39 is 23.1 Å². The smallest absolute Gasteiger partial charge is 0.407 e. The molecule has 0 aromatic heterocycles. The van der Waals surface area contributed by atoms with Crippen LogP contribution in [0.25, 0.3) is 0 Å². The van der Waals surface area contributed by atoms with E-state index in [-0.39, 0.29) is 13.2 Å². The molecule has 1 fully saturated rings. The van der Waals surface area contributed by atoms with Gasteiger partial charge in [-0.05, 0) is 33.6 Å². The van der Waals surface area contributed by atoms with E-state index in [4.69, 9.17) is 9.47 Å². The number of carbonyl (C=O) groups excluding carboxylic acids is 1. The number of carbonyl (C=O) groups is 2. The van der Waals surface area contributed by atoms with E-state index in [2.05, 4.69) is 5.32 Å². The summed E-state index contributed by atoms with van der Waals surface area (Å²) in [6, 6.07) is 0. The van der Waals surface area contributed by atoms with E-state index in [1.807, 2.05) is 0 Å². The van der Waals surface area contributed by atoms with E-state index in [1.54, 1.807) is 20.8 Å². The fourth-order valence-electron chi connectivity index (χ4n) is 1.79. The van der Waals surface area contributed by atoms with E-state index in [9.17, 15) is 14.7 Å². The lowest BCUT2D eigenvalue weighted by molar-refractivity contribution is -0.156. The molecule has 1 saturated heterocycles. The fourth-order valence-corrected chi connectivity index (χ4v) is 1.79. The van der Waals surface area contributed by atoms with Gasteiger partial charge in [0.15, 0.2) is 0 Å². The predicted molar refractivity (Wildman–Crippen MR) is 64.4 cm³/mol. The molecule has 0 bridgehead atoms. The zero-order valence-electron chi connectivity index (χ0n) is 11.1. The minimum Gasteiger partial charge on any atom is -0.481 e. The summed E-state index contributed by atoms with van der Waals surface area (Å²) in [5.74, 6) is -0.946. The van der Waals surface area contributed by atoms with Crippen molar-refractivity contribution in [3.05, 3.63) is 0 Å². The summed E-state index contributed by atoms with van der Waals surface area (Å²) in [7, 11) is 0. The molecule has 1 amide bonds. The molecular formula is C12H21NO5. The molecule has 1 aliphatic rings. The zero-order chi connectivity index (χ0) is 13.8. The van der Waals surface area contributed by atoms with Crippen molar-refractivity contribution in [2.45, 2.75) is 39.2 Å². The number of alkyl carbamates (subject to hydrolysis) is 1. The van der Waals surface area contributed by atoms with Crippen LogP contribution >= 0.6 is 0 Å². The third kappa shape index (κ3) is 4.18. The van der Waals surface area contributed by atoms with Crippen LogP contribution in [-0.4, -0.2) is 42.5 Å². The first kappa shape index (κ1) is 14.8. The number of hydrogen-bond donors (Lipinski definition) is 2. The standard InChI is InChI=1S/C12H21NO5/c1-11(2,3)18-10(16)13-7-12(9(14)15)5-4-6-17-8-12/h4-8H2,1-3H3,(H,13,16)(H,14,15)/t12-/m1/s1. The molecular weight excluding hydrogens is 238 g/mol.